The summed E-state index contributed by atoms with van der Waals surface area (Å²) in [6.45, 7) is 6.08. The molecule has 1 unspecified atom stereocenters. The van der Waals surface area contributed by atoms with Crippen LogP contribution in [0.3, 0.4) is 0 Å². The zero-order valence-electron chi connectivity index (χ0n) is 35.1. The van der Waals surface area contributed by atoms with Crippen LogP contribution in [0.4, 0.5) is 0 Å². The Bertz CT molecular complexity index is 1300. The van der Waals surface area contributed by atoms with Gasteiger partial charge in [-0.15, -0.1) is 0 Å². The maximum absolute atomic E-state index is 12.7. The van der Waals surface area contributed by atoms with Crippen molar-refractivity contribution in [3.05, 3.63) is 134 Å². The minimum Gasteiger partial charge on any atom is -0.462 e. The molecule has 6 heteroatoms. The molecular weight excluding hydrogens is 697 g/mol. The third-order valence-corrected chi connectivity index (χ3v) is 8.01. The molecule has 0 aliphatic carbocycles. The summed E-state index contributed by atoms with van der Waals surface area (Å²) in [5.41, 5.74) is 0. The fourth-order valence-corrected chi connectivity index (χ4v) is 4.92. The Morgan fingerprint density at radius 1 is 0.375 bits per heavy atom. The smallest absolute Gasteiger partial charge is 0.306 e. The molecule has 56 heavy (non-hydrogen) atoms. The number of rotatable bonds is 35. The van der Waals surface area contributed by atoms with Crippen LogP contribution in [0.1, 0.15) is 143 Å². The first-order valence-electron chi connectivity index (χ1n) is 21.3. The number of esters is 3. The van der Waals surface area contributed by atoms with Gasteiger partial charge in [-0.1, -0.05) is 167 Å². The lowest BCUT2D eigenvalue weighted by Gasteiger charge is -2.18. The SMILES string of the molecule is CC\C=C/C=C\C=C/C=C\C=C/CCCC(=O)OC(COC(=O)CCC/C=C\C/C=C\C/C=C\CC)COC(=O)CCCCCC/C=C\C/C=C\C/C=C\CC. The fourth-order valence-electron chi connectivity index (χ4n) is 4.92. The van der Waals surface area contributed by atoms with Crippen molar-refractivity contribution in [2.24, 2.45) is 0 Å². The summed E-state index contributed by atoms with van der Waals surface area (Å²) in [4.78, 5) is 37.6. The van der Waals surface area contributed by atoms with Gasteiger partial charge in [0.25, 0.3) is 0 Å². The van der Waals surface area contributed by atoms with Crippen molar-refractivity contribution >= 4 is 17.9 Å². The molecule has 0 aliphatic rings. The van der Waals surface area contributed by atoms with E-state index in [-0.39, 0.29) is 38.0 Å². The molecule has 0 saturated heterocycles. The van der Waals surface area contributed by atoms with Crippen LogP contribution in [-0.2, 0) is 28.6 Å². The molecule has 310 valence electrons. The molecule has 0 amide bonds. The fraction of sp³-hybridized carbons (Fsp3) is 0.500. The number of ether oxygens (including phenoxy) is 3. The minimum absolute atomic E-state index is 0.140. The second-order valence-corrected chi connectivity index (χ2v) is 13.2. The lowest BCUT2D eigenvalue weighted by Crippen LogP contribution is -2.30. The topological polar surface area (TPSA) is 78.9 Å². The Hall–Kier alpha value is -4.45. The Kier molecular flexibility index (Phi) is 39.8. The molecule has 0 bridgehead atoms. The van der Waals surface area contributed by atoms with Gasteiger partial charge < -0.3 is 14.2 Å². The van der Waals surface area contributed by atoms with Gasteiger partial charge in [-0.2, -0.15) is 0 Å². The highest BCUT2D eigenvalue weighted by Gasteiger charge is 2.19. The molecule has 0 N–H and O–H groups in total. The van der Waals surface area contributed by atoms with Crippen molar-refractivity contribution in [1.82, 2.24) is 0 Å². The monoisotopic (exact) mass is 771 g/mol. The Morgan fingerprint density at radius 2 is 0.750 bits per heavy atom. The lowest BCUT2D eigenvalue weighted by molar-refractivity contribution is -0.167. The van der Waals surface area contributed by atoms with Gasteiger partial charge in [0.2, 0.25) is 0 Å². The van der Waals surface area contributed by atoms with E-state index in [0.29, 0.717) is 25.7 Å². The average molecular weight is 771 g/mol. The van der Waals surface area contributed by atoms with E-state index >= 15 is 0 Å². The van der Waals surface area contributed by atoms with E-state index in [1.165, 1.54) is 0 Å². The molecule has 0 fully saturated rings. The molecule has 0 aromatic rings. The molecule has 0 heterocycles. The number of allylic oxidation sites excluding steroid dienone is 22. The van der Waals surface area contributed by atoms with Crippen LogP contribution < -0.4 is 0 Å². The van der Waals surface area contributed by atoms with Gasteiger partial charge in [0.15, 0.2) is 6.10 Å². The Labute approximate surface area is 341 Å². The largest absolute Gasteiger partial charge is 0.462 e. The summed E-state index contributed by atoms with van der Waals surface area (Å²) < 4.78 is 16.5. The van der Waals surface area contributed by atoms with Crippen LogP contribution in [0.15, 0.2) is 134 Å². The van der Waals surface area contributed by atoms with Crippen molar-refractivity contribution in [2.75, 3.05) is 13.2 Å². The molecule has 0 spiro atoms. The molecule has 0 radical (unpaired) electrons. The number of hydrogen-bond donors (Lipinski definition) is 0. The lowest BCUT2D eigenvalue weighted by atomic mass is 10.1. The first-order chi connectivity index (χ1) is 27.5. The highest BCUT2D eigenvalue weighted by Crippen LogP contribution is 2.10. The predicted octanol–water partition coefficient (Wildman–Crippen LogP) is 13.6. The van der Waals surface area contributed by atoms with E-state index in [1.54, 1.807) is 0 Å². The van der Waals surface area contributed by atoms with Crippen molar-refractivity contribution in [2.45, 2.75) is 149 Å². The van der Waals surface area contributed by atoms with Gasteiger partial charge in [-0.3, -0.25) is 14.4 Å². The molecule has 6 nitrogen and oxygen atoms in total. The normalized spacial score (nSPS) is 13.4. The van der Waals surface area contributed by atoms with Crippen LogP contribution >= 0.6 is 0 Å². The van der Waals surface area contributed by atoms with Gasteiger partial charge in [0.1, 0.15) is 13.2 Å². The predicted molar refractivity (Wildman–Crippen MR) is 237 cm³/mol. The van der Waals surface area contributed by atoms with Crippen LogP contribution in [-0.4, -0.2) is 37.2 Å². The maximum atomic E-state index is 12.7. The standard InChI is InChI=1S/C50H74O6/c1-4-7-10-13-16-19-22-24-26-28-31-34-37-40-43-49(52)55-46-47(45-54-48(51)42-39-36-33-30-27-21-18-15-12-9-6-3)56-50(53)44-41-38-35-32-29-25-23-20-17-14-11-8-5-2/h7-12,14,16-21,23-26,29-30,32-33,35,47H,4-6,13,15,22,27-28,31,34,36-46H2,1-3H3/b10-7-,11-8-,12-9-,17-14-,19-16-,21-18-,23-20-,26-24-,29-25-,33-30-,35-32-. The van der Waals surface area contributed by atoms with E-state index in [9.17, 15) is 14.4 Å². The summed E-state index contributed by atoms with van der Waals surface area (Å²) in [6, 6.07) is 0. The van der Waals surface area contributed by atoms with Gasteiger partial charge in [-0.25, -0.2) is 0 Å². The minimum atomic E-state index is -0.847. The molecule has 0 rings (SSSR count). The van der Waals surface area contributed by atoms with E-state index in [4.69, 9.17) is 14.2 Å². The third kappa shape index (κ3) is 40.7. The molecule has 1 atom stereocenters. The molecule has 0 aliphatic heterocycles. The quantitative estimate of drug-likeness (QED) is 0.0210. The first kappa shape index (κ1) is 51.5. The van der Waals surface area contributed by atoms with E-state index < -0.39 is 12.1 Å². The van der Waals surface area contributed by atoms with Crippen LogP contribution in [0, 0.1) is 0 Å². The number of hydrogen-bond acceptors (Lipinski definition) is 6. The zero-order chi connectivity index (χ0) is 40.8. The summed E-state index contributed by atoms with van der Waals surface area (Å²) in [7, 11) is 0. The maximum Gasteiger partial charge on any atom is 0.306 e. The van der Waals surface area contributed by atoms with Gasteiger partial charge in [0, 0.05) is 19.3 Å². The van der Waals surface area contributed by atoms with E-state index in [2.05, 4.69) is 99.8 Å². The highest BCUT2D eigenvalue weighted by atomic mass is 16.6. The van der Waals surface area contributed by atoms with Gasteiger partial charge in [0.05, 0.1) is 0 Å². The van der Waals surface area contributed by atoms with Crippen LogP contribution in [0.25, 0.3) is 0 Å². The van der Waals surface area contributed by atoms with Gasteiger partial charge in [-0.05, 0) is 89.9 Å². The van der Waals surface area contributed by atoms with Gasteiger partial charge >= 0.3 is 17.9 Å². The summed E-state index contributed by atoms with van der Waals surface area (Å²) in [5.74, 6) is -1.11. The Balaban J connectivity index is 4.64. The van der Waals surface area contributed by atoms with Crippen molar-refractivity contribution in [3.8, 4) is 0 Å². The number of unbranched alkanes of at least 4 members (excludes halogenated alkanes) is 6. The average Bonchev–Trinajstić information content (AvgIpc) is 3.19. The second kappa shape index (κ2) is 43.3. The van der Waals surface area contributed by atoms with Crippen molar-refractivity contribution < 1.29 is 28.6 Å². The molecule has 0 aromatic carbocycles. The molecule has 0 aromatic heterocycles. The number of carbonyl (C=O) groups is 3. The zero-order valence-corrected chi connectivity index (χ0v) is 35.1. The molecule has 0 saturated carbocycles. The van der Waals surface area contributed by atoms with Crippen molar-refractivity contribution in [3.63, 3.8) is 0 Å². The highest BCUT2D eigenvalue weighted by molar-refractivity contribution is 5.71. The summed E-state index contributed by atoms with van der Waals surface area (Å²) in [6.07, 6.45) is 60.2. The van der Waals surface area contributed by atoms with Crippen LogP contribution in [0.2, 0.25) is 0 Å². The second-order valence-electron chi connectivity index (χ2n) is 13.2. The third-order valence-electron chi connectivity index (χ3n) is 8.01. The molecular formula is C50H74O6. The number of carbonyl (C=O) groups excluding carboxylic acids is 3. The van der Waals surface area contributed by atoms with Crippen molar-refractivity contribution in [1.29, 1.82) is 0 Å². The van der Waals surface area contributed by atoms with Crippen LogP contribution in [0.5, 0.6) is 0 Å². The Morgan fingerprint density at radius 3 is 1.27 bits per heavy atom. The van der Waals surface area contributed by atoms with E-state index in [0.717, 1.165) is 83.5 Å². The first-order valence-corrected chi connectivity index (χ1v) is 21.3. The summed E-state index contributed by atoms with van der Waals surface area (Å²) >= 11 is 0. The summed E-state index contributed by atoms with van der Waals surface area (Å²) in [5, 5.41) is 0. The van der Waals surface area contributed by atoms with E-state index in [1.807, 2.05) is 54.7 Å².